The predicted molar refractivity (Wildman–Crippen MR) is 49.1 cm³/mol. The van der Waals surface area contributed by atoms with Crippen LogP contribution < -0.4 is 5.09 Å². The van der Waals surface area contributed by atoms with Crippen LogP contribution in [0, 0.1) is 0 Å². The number of carbonyl (C=O) groups excluding carboxylic acids is 1. The van der Waals surface area contributed by atoms with Gasteiger partial charge in [0.25, 0.3) is 0 Å². The molecule has 2 unspecified atom stereocenters. The van der Waals surface area contributed by atoms with Crippen LogP contribution in [0.15, 0.2) is 0 Å². The Morgan fingerprint density at radius 2 is 2.15 bits per heavy atom. The second-order valence-corrected chi connectivity index (χ2v) is 4.21. The number of carbonyl (C=O) groups is 1. The Bertz CT molecular complexity index is 219. The van der Waals surface area contributed by atoms with E-state index >= 15 is 0 Å². The van der Waals surface area contributed by atoms with E-state index in [0.29, 0.717) is 6.42 Å². The highest BCUT2D eigenvalue weighted by Crippen LogP contribution is 2.38. The molecule has 2 N–H and O–H groups in total. The predicted octanol–water partition coefficient (Wildman–Crippen LogP) is 1.43. The molecule has 1 amide bonds. The Balaban J connectivity index is 4.08. The Hall–Kier alpha value is -0.380. The molecule has 0 spiro atoms. The van der Waals surface area contributed by atoms with Crippen LogP contribution in [-0.2, 0) is 13.9 Å². The summed E-state index contributed by atoms with van der Waals surface area (Å²) in [6.07, 6.45) is 0.439. The average Bonchev–Trinajstić information content (AvgIpc) is 2.02. The minimum atomic E-state index is -3.94. The molecule has 0 saturated carbocycles. The summed E-state index contributed by atoms with van der Waals surface area (Å²) in [5.41, 5.74) is 0. The molecule has 0 heterocycles. The van der Waals surface area contributed by atoms with Crippen molar-refractivity contribution in [2.75, 3.05) is 0 Å². The van der Waals surface area contributed by atoms with Crippen LogP contribution in [0.2, 0.25) is 0 Å². The molecule has 0 aliphatic heterocycles. The molecule has 6 heteroatoms. The molecule has 78 valence electrons. The lowest BCUT2D eigenvalue weighted by molar-refractivity contribution is -0.119. The summed E-state index contributed by atoms with van der Waals surface area (Å²) < 4.78 is 15.9. The number of nitrogens with one attached hydrogen (secondary N) is 1. The highest BCUT2D eigenvalue weighted by Gasteiger charge is 2.23. The summed E-state index contributed by atoms with van der Waals surface area (Å²) >= 11 is 0. The highest BCUT2D eigenvalue weighted by atomic mass is 31.2. The van der Waals surface area contributed by atoms with Crippen molar-refractivity contribution in [1.82, 2.24) is 5.09 Å². The summed E-state index contributed by atoms with van der Waals surface area (Å²) in [4.78, 5) is 19.9. The van der Waals surface area contributed by atoms with Crippen LogP contribution in [0.5, 0.6) is 0 Å². The molecule has 5 nitrogen and oxygen atoms in total. The van der Waals surface area contributed by atoms with E-state index in [1.54, 1.807) is 13.8 Å². The largest absolute Gasteiger partial charge is 0.432 e. The first-order chi connectivity index (χ1) is 5.91. The summed E-state index contributed by atoms with van der Waals surface area (Å²) in [6.45, 7) is 5.09. The molecular weight excluding hydrogens is 193 g/mol. The van der Waals surface area contributed by atoms with Crippen molar-refractivity contribution in [2.24, 2.45) is 0 Å². The van der Waals surface area contributed by atoms with E-state index in [0.717, 1.165) is 0 Å². The summed E-state index contributed by atoms with van der Waals surface area (Å²) in [5, 5.41) is 1.92. The molecule has 13 heavy (non-hydrogen) atoms. The maximum atomic E-state index is 11.2. The van der Waals surface area contributed by atoms with Crippen LogP contribution in [0.1, 0.15) is 33.6 Å². The van der Waals surface area contributed by atoms with E-state index in [1.165, 1.54) is 0 Å². The summed E-state index contributed by atoms with van der Waals surface area (Å²) in [6, 6.07) is 0. The van der Waals surface area contributed by atoms with Crippen molar-refractivity contribution in [1.29, 1.82) is 0 Å². The molecule has 0 aromatic heterocycles. The normalized spacial score (nSPS) is 17.5. The fourth-order valence-corrected chi connectivity index (χ4v) is 1.74. The van der Waals surface area contributed by atoms with Crippen molar-refractivity contribution in [2.45, 2.75) is 39.7 Å². The van der Waals surface area contributed by atoms with Crippen LogP contribution >= 0.6 is 7.75 Å². The number of rotatable bonds is 5. The van der Waals surface area contributed by atoms with E-state index in [9.17, 15) is 9.36 Å². The second kappa shape index (κ2) is 5.37. The van der Waals surface area contributed by atoms with Crippen LogP contribution in [-0.4, -0.2) is 16.9 Å². The maximum Gasteiger partial charge on any atom is 0.432 e. The lowest BCUT2D eigenvalue weighted by atomic mass is 10.3. The Labute approximate surface area is 78.1 Å². The smallest absolute Gasteiger partial charge is 0.308 e. The van der Waals surface area contributed by atoms with Gasteiger partial charge in [0, 0.05) is 6.42 Å². The molecule has 0 aliphatic rings. The molecule has 0 aromatic rings. The summed E-state index contributed by atoms with van der Waals surface area (Å²) in [5.74, 6) is -0.492. The molecule has 0 radical (unpaired) electrons. The van der Waals surface area contributed by atoms with E-state index in [4.69, 9.17) is 9.42 Å². The molecule has 0 fully saturated rings. The van der Waals surface area contributed by atoms with E-state index in [-0.39, 0.29) is 12.5 Å². The van der Waals surface area contributed by atoms with Gasteiger partial charge in [0.1, 0.15) is 0 Å². The van der Waals surface area contributed by atoms with Gasteiger partial charge in [-0.3, -0.25) is 14.4 Å². The Morgan fingerprint density at radius 3 is 2.54 bits per heavy atom. The SMILES string of the molecule is CCC(=O)NP(=O)(O)OC(C)CC. The first-order valence-corrected chi connectivity index (χ1v) is 5.81. The first-order valence-electron chi connectivity index (χ1n) is 4.23. The van der Waals surface area contributed by atoms with Gasteiger partial charge in [-0.25, -0.2) is 4.57 Å². The fourth-order valence-electron chi connectivity index (χ4n) is 0.581. The third-order valence-corrected chi connectivity index (χ3v) is 2.66. The van der Waals surface area contributed by atoms with Crippen LogP contribution in [0.3, 0.4) is 0 Å². The van der Waals surface area contributed by atoms with Gasteiger partial charge >= 0.3 is 7.75 Å². The maximum absolute atomic E-state index is 11.2. The molecule has 0 rings (SSSR count). The highest BCUT2D eigenvalue weighted by molar-refractivity contribution is 7.51. The quantitative estimate of drug-likeness (QED) is 0.671. The van der Waals surface area contributed by atoms with Gasteiger partial charge < -0.3 is 4.89 Å². The van der Waals surface area contributed by atoms with E-state index < -0.39 is 13.7 Å². The Kier molecular flexibility index (Phi) is 5.21. The van der Waals surface area contributed by atoms with Crippen molar-refractivity contribution >= 4 is 13.7 Å². The number of amides is 1. The number of hydrogen-bond donors (Lipinski definition) is 2. The van der Waals surface area contributed by atoms with Gasteiger partial charge in [-0.1, -0.05) is 13.8 Å². The molecule has 0 bridgehead atoms. The van der Waals surface area contributed by atoms with Crippen molar-refractivity contribution < 1.29 is 18.8 Å². The zero-order valence-electron chi connectivity index (χ0n) is 8.11. The Morgan fingerprint density at radius 1 is 1.62 bits per heavy atom. The topological polar surface area (TPSA) is 75.6 Å². The first kappa shape index (κ1) is 12.6. The third-order valence-electron chi connectivity index (χ3n) is 1.48. The molecule has 0 aliphatic carbocycles. The van der Waals surface area contributed by atoms with Crippen molar-refractivity contribution in [3.05, 3.63) is 0 Å². The van der Waals surface area contributed by atoms with Crippen molar-refractivity contribution in [3.8, 4) is 0 Å². The molecular formula is C7H16NO4P. The molecule has 0 aromatic carbocycles. The monoisotopic (exact) mass is 209 g/mol. The fraction of sp³-hybridized carbons (Fsp3) is 0.857. The zero-order chi connectivity index (χ0) is 10.5. The van der Waals surface area contributed by atoms with Crippen LogP contribution in [0.4, 0.5) is 0 Å². The van der Waals surface area contributed by atoms with Gasteiger partial charge in [-0.2, -0.15) is 0 Å². The standard InChI is InChI=1S/C7H16NO4P/c1-4-6(3)12-13(10,11)8-7(9)5-2/h6H,4-5H2,1-3H3,(H2,8,9,10,11). The average molecular weight is 209 g/mol. The minimum absolute atomic E-state index is 0.161. The molecule has 2 atom stereocenters. The minimum Gasteiger partial charge on any atom is -0.308 e. The van der Waals surface area contributed by atoms with Gasteiger partial charge in [0.05, 0.1) is 6.10 Å². The van der Waals surface area contributed by atoms with Crippen molar-refractivity contribution in [3.63, 3.8) is 0 Å². The summed E-state index contributed by atoms with van der Waals surface area (Å²) in [7, 11) is -3.94. The van der Waals surface area contributed by atoms with Gasteiger partial charge in [0.2, 0.25) is 5.91 Å². The third kappa shape index (κ3) is 5.80. The zero-order valence-corrected chi connectivity index (χ0v) is 9.01. The van der Waals surface area contributed by atoms with Crippen LogP contribution in [0.25, 0.3) is 0 Å². The van der Waals surface area contributed by atoms with E-state index in [2.05, 4.69) is 0 Å². The number of hydrogen-bond acceptors (Lipinski definition) is 3. The van der Waals surface area contributed by atoms with Gasteiger partial charge in [-0.05, 0) is 13.3 Å². The second-order valence-electron chi connectivity index (χ2n) is 2.73. The van der Waals surface area contributed by atoms with Gasteiger partial charge in [0.15, 0.2) is 0 Å². The lowest BCUT2D eigenvalue weighted by Gasteiger charge is -2.16. The lowest BCUT2D eigenvalue weighted by Crippen LogP contribution is -2.22. The van der Waals surface area contributed by atoms with E-state index in [1.807, 2.05) is 12.0 Å². The van der Waals surface area contributed by atoms with Gasteiger partial charge in [-0.15, -0.1) is 0 Å². The molecule has 0 saturated heterocycles.